The third-order valence-electron chi connectivity index (χ3n) is 1.35. The number of hydrogen-bond acceptors (Lipinski definition) is 3. The van der Waals surface area contributed by atoms with Gasteiger partial charge in [-0.25, -0.2) is 9.87 Å². The molecule has 0 spiro atoms. The number of alkyl halides is 1. The van der Waals surface area contributed by atoms with Crippen LogP contribution in [-0.2, 0) is 4.79 Å². The molecule has 0 radical (unpaired) electrons. The van der Waals surface area contributed by atoms with E-state index in [2.05, 4.69) is 0 Å². The van der Waals surface area contributed by atoms with Gasteiger partial charge in [-0.15, -0.1) is 0 Å². The van der Waals surface area contributed by atoms with Gasteiger partial charge in [-0.2, -0.15) is 0 Å². The van der Waals surface area contributed by atoms with E-state index in [4.69, 9.17) is 5.21 Å². The van der Waals surface area contributed by atoms with Gasteiger partial charge in [0.05, 0.1) is 6.42 Å². The molecule has 0 saturated carbocycles. The van der Waals surface area contributed by atoms with Crippen molar-refractivity contribution in [2.75, 3.05) is 0 Å². The van der Waals surface area contributed by atoms with Gasteiger partial charge in [-0.05, 0) is 5.41 Å². The number of nitrogens with one attached hydrogen (secondary N) is 1. The van der Waals surface area contributed by atoms with Crippen LogP contribution in [0.25, 0.3) is 0 Å². The van der Waals surface area contributed by atoms with E-state index in [0.717, 1.165) is 11.8 Å². The molecule has 0 saturated heterocycles. The maximum Gasteiger partial charge on any atom is 0.247 e. The summed E-state index contributed by atoms with van der Waals surface area (Å²) in [5, 5.41) is 8.18. The zero-order chi connectivity index (χ0) is 8.32. The van der Waals surface area contributed by atoms with E-state index < -0.39 is 10.9 Å². The van der Waals surface area contributed by atoms with E-state index in [-0.39, 0.29) is 12.8 Å². The molecule has 1 aliphatic rings. The molecule has 1 heterocycles. The van der Waals surface area contributed by atoms with Crippen molar-refractivity contribution in [3.8, 4) is 0 Å². The highest BCUT2D eigenvalue weighted by atomic mass is 32.2. The monoisotopic (exact) mass is 177 g/mol. The molecule has 11 heavy (non-hydrogen) atoms. The molecule has 0 bridgehead atoms. The van der Waals surface area contributed by atoms with Gasteiger partial charge in [0.25, 0.3) is 0 Å². The van der Waals surface area contributed by atoms with Crippen molar-refractivity contribution >= 4 is 17.7 Å². The van der Waals surface area contributed by atoms with Crippen molar-refractivity contribution in [3.05, 3.63) is 11.5 Å². The molecule has 1 atom stereocenters. The van der Waals surface area contributed by atoms with E-state index in [1.165, 1.54) is 5.48 Å². The topological polar surface area (TPSA) is 49.3 Å². The van der Waals surface area contributed by atoms with Crippen LogP contribution in [0, 0.1) is 0 Å². The van der Waals surface area contributed by atoms with Gasteiger partial charge in [0.2, 0.25) is 5.91 Å². The maximum absolute atomic E-state index is 13.3. The first kappa shape index (κ1) is 8.55. The molecule has 0 fully saturated rings. The Hall–Kier alpha value is -0.550. The molecule has 0 aliphatic carbocycles. The predicted molar refractivity (Wildman–Crippen MR) is 39.7 cm³/mol. The Kier molecular flexibility index (Phi) is 2.51. The molecule has 1 unspecified atom stereocenters. The molecule has 1 rings (SSSR count). The first-order valence-electron chi connectivity index (χ1n) is 3.11. The van der Waals surface area contributed by atoms with E-state index in [1.54, 1.807) is 11.5 Å². The van der Waals surface area contributed by atoms with E-state index >= 15 is 0 Å². The normalized spacial score (nSPS) is 28.9. The zero-order valence-corrected chi connectivity index (χ0v) is 6.53. The third kappa shape index (κ3) is 2.20. The summed E-state index contributed by atoms with van der Waals surface area (Å²) in [7, 11) is 0. The molecular formula is C6H8FNO2S. The van der Waals surface area contributed by atoms with Crippen molar-refractivity contribution < 1.29 is 14.4 Å². The highest BCUT2D eigenvalue weighted by Crippen LogP contribution is 2.40. The van der Waals surface area contributed by atoms with E-state index in [9.17, 15) is 9.18 Å². The molecule has 2 N–H and O–H groups in total. The summed E-state index contributed by atoms with van der Waals surface area (Å²) in [6.07, 6.45) is 1.58. The Morgan fingerprint density at radius 2 is 2.64 bits per heavy atom. The third-order valence-corrected chi connectivity index (χ3v) is 2.41. The summed E-state index contributed by atoms with van der Waals surface area (Å²) >= 11 is 0.969. The maximum atomic E-state index is 13.3. The summed E-state index contributed by atoms with van der Waals surface area (Å²) in [6.45, 7) is 0. The number of hydroxylamine groups is 1. The molecular weight excluding hydrogens is 169 g/mol. The fourth-order valence-electron chi connectivity index (χ4n) is 0.835. The van der Waals surface area contributed by atoms with Crippen molar-refractivity contribution in [3.63, 3.8) is 0 Å². The number of hydrogen-bond donors (Lipinski definition) is 2. The fourth-order valence-corrected chi connectivity index (χ4v) is 1.68. The zero-order valence-electron chi connectivity index (χ0n) is 5.71. The lowest BCUT2D eigenvalue weighted by Crippen LogP contribution is -2.27. The summed E-state index contributed by atoms with van der Waals surface area (Å²) in [6, 6.07) is 0. The lowest BCUT2D eigenvalue weighted by atomic mass is 10.2. The Labute approximate surface area is 67.6 Å². The van der Waals surface area contributed by atoms with Crippen LogP contribution >= 0.6 is 11.8 Å². The van der Waals surface area contributed by atoms with Crippen LogP contribution in [-0.4, -0.2) is 16.1 Å². The summed E-state index contributed by atoms with van der Waals surface area (Å²) in [5.41, 5.74) is 1.40. The van der Waals surface area contributed by atoms with Gasteiger partial charge in [0.15, 0.2) is 5.00 Å². The lowest BCUT2D eigenvalue weighted by molar-refractivity contribution is -0.130. The number of rotatable bonds is 2. The molecule has 0 aromatic heterocycles. The van der Waals surface area contributed by atoms with Crippen molar-refractivity contribution in [1.82, 2.24) is 5.48 Å². The van der Waals surface area contributed by atoms with Gasteiger partial charge in [-0.3, -0.25) is 10.0 Å². The van der Waals surface area contributed by atoms with Crippen LogP contribution in [0.1, 0.15) is 12.8 Å². The Balaban J connectivity index is 2.41. The van der Waals surface area contributed by atoms with Crippen LogP contribution in [0.3, 0.4) is 0 Å². The first-order chi connectivity index (χ1) is 5.16. The van der Waals surface area contributed by atoms with Crippen molar-refractivity contribution in [1.29, 1.82) is 0 Å². The van der Waals surface area contributed by atoms with Gasteiger partial charge in [-0.1, -0.05) is 17.8 Å². The SMILES string of the molecule is O=C(CC1(F)CC=CS1)NO. The highest BCUT2D eigenvalue weighted by molar-refractivity contribution is 8.03. The quantitative estimate of drug-likeness (QED) is 0.492. The van der Waals surface area contributed by atoms with Gasteiger partial charge in [0.1, 0.15) is 0 Å². The van der Waals surface area contributed by atoms with Crippen LogP contribution < -0.4 is 5.48 Å². The summed E-state index contributed by atoms with van der Waals surface area (Å²) in [4.78, 5) is 10.5. The van der Waals surface area contributed by atoms with Crippen LogP contribution in [0.4, 0.5) is 4.39 Å². The summed E-state index contributed by atoms with van der Waals surface area (Å²) in [5.74, 6) is -0.691. The average molecular weight is 177 g/mol. The second kappa shape index (κ2) is 3.23. The van der Waals surface area contributed by atoms with Gasteiger partial charge < -0.3 is 0 Å². The van der Waals surface area contributed by atoms with Crippen molar-refractivity contribution in [2.45, 2.75) is 17.8 Å². The molecule has 62 valence electrons. The van der Waals surface area contributed by atoms with E-state index in [0.29, 0.717) is 0 Å². The fraction of sp³-hybridized carbons (Fsp3) is 0.500. The number of amides is 1. The number of allylic oxidation sites excluding steroid dienone is 1. The number of carbonyl (C=O) groups is 1. The van der Waals surface area contributed by atoms with Crippen LogP contribution in [0.5, 0.6) is 0 Å². The predicted octanol–water partition coefficient (Wildman–Crippen LogP) is 1.20. The molecule has 0 aromatic carbocycles. The molecule has 1 aliphatic heterocycles. The number of thioether (sulfide) groups is 1. The number of halogens is 1. The van der Waals surface area contributed by atoms with E-state index in [1.807, 2.05) is 0 Å². The molecule has 3 nitrogen and oxygen atoms in total. The Morgan fingerprint density at radius 1 is 1.91 bits per heavy atom. The van der Waals surface area contributed by atoms with Crippen molar-refractivity contribution in [2.24, 2.45) is 0 Å². The highest BCUT2D eigenvalue weighted by Gasteiger charge is 2.34. The second-order valence-electron chi connectivity index (χ2n) is 2.29. The largest absolute Gasteiger partial charge is 0.289 e. The Morgan fingerprint density at radius 3 is 3.09 bits per heavy atom. The second-order valence-corrected chi connectivity index (χ2v) is 3.53. The lowest BCUT2D eigenvalue weighted by Gasteiger charge is -2.15. The molecule has 1 amide bonds. The Bertz CT molecular complexity index is 187. The molecule has 0 aromatic rings. The van der Waals surface area contributed by atoms with Crippen LogP contribution in [0.15, 0.2) is 11.5 Å². The van der Waals surface area contributed by atoms with Gasteiger partial charge >= 0.3 is 0 Å². The van der Waals surface area contributed by atoms with Gasteiger partial charge in [0, 0.05) is 6.42 Å². The summed E-state index contributed by atoms with van der Waals surface area (Å²) < 4.78 is 13.3. The van der Waals surface area contributed by atoms with Crippen LogP contribution in [0.2, 0.25) is 0 Å². The average Bonchev–Trinajstić information content (AvgIpc) is 2.36. The minimum Gasteiger partial charge on any atom is -0.289 e. The first-order valence-corrected chi connectivity index (χ1v) is 3.99. The smallest absolute Gasteiger partial charge is 0.247 e. The standard InChI is InChI=1S/C6H8FNO2S/c7-6(2-1-3-11-6)4-5(9)8-10/h1,3,10H,2,4H2,(H,8,9). The minimum atomic E-state index is -1.55. The minimum absolute atomic E-state index is 0.227. The number of carbonyl (C=O) groups excluding carboxylic acids is 1. The molecule has 5 heteroatoms.